The van der Waals surface area contributed by atoms with Gasteiger partial charge in [0.2, 0.25) is 0 Å². The Labute approximate surface area is 121 Å². The number of hydrogen-bond donors (Lipinski definition) is 0. The minimum Gasteiger partial charge on any atom is -0.466 e. The zero-order valence-electron chi connectivity index (χ0n) is 11.1. The molecule has 2 rings (SSSR count). The summed E-state index contributed by atoms with van der Waals surface area (Å²) in [6.07, 6.45) is 0. The van der Waals surface area contributed by atoms with E-state index >= 15 is 0 Å². The smallest absolute Gasteiger partial charge is 0.342 e. The van der Waals surface area contributed by atoms with Gasteiger partial charge in [0.15, 0.2) is 12.4 Å². The van der Waals surface area contributed by atoms with Crippen LogP contribution in [0.4, 0.5) is 0 Å². The number of hydrogen-bond acceptors (Lipinski definition) is 4. The Morgan fingerprint density at radius 2 is 2.00 bits per heavy atom. The third kappa shape index (κ3) is 3.27. The maximum atomic E-state index is 11.9. The van der Waals surface area contributed by atoms with Gasteiger partial charge >= 0.3 is 5.97 Å². The average Bonchev–Trinajstić information content (AvgIpc) is 2.74. The average molecular weight is 293 g/mol. The Morgan fingerprint density at radius 1 is 1.25 bits per heavy atom. The van der Waals surface area contributed by atoms with E-state index in [9.17, 15) is 9.59 Å². The number of benzene rings is 1. The Bertz CT molecular complexity index is 658. The van der Waals surface area contributed by atoms with Gasteiger partial charge in [-0.15, -0.1) is 0 Å². The van der Waals surface area contributed by atoms with Crippen LogP contribution in [0.3, 0.4) is 0 Å². The molecule has 0 radical (unpaired) electrons. The van der Waals surface area contributed by atoms with E-state index in [1.54, 1.807) is 38.1 Å². The molecule has 0 N–H and O–H groups in total. The quantitative estimate of drug-likeness (QED) is 0.638. The van der Waals surface area contributed by atoms with Crippen LogP contribution in [0, 0.1) is 13.8 Å². The zero-order valence-corrected chi connectivity index (χ0v) is 11.9. The molecule has 4 nitrogen and oxygen atoms in total. The second kappa shape index (κ2) is 5.92. The van der Waals surface area contributed by atoms with Crippen molar-refractivity contribution in [2.45, 2.75) is 13.8 Å². The van der Waals surface area contributed by atoms with Gasteiger partial charge in [0.05, 0.1) is 0 Å². The summed E-state index contributed by atoms with van der Waals surface area (Å²) < 4.78 is 10.2. The summed E-state index contributed by atoms with van der Waals surface area (Å²) in [7, 11) is 0. The number of esters is 1. The fraction of sp³-hybridized carbons (Fsp3) is 0.200. The Morgan fingerprint density at radius 3 is 2.60 bits per heavy atom. The van der Waals surface area contributed by atoms with E-state index < -0.39 is 5.97 Å². The van der Waals surface area contributed by atoms with Gasteiger partial charge in [-0.25, -0.2) is 4.79 Å². The van der Waals surface area contributed by atoms with Gasteiger partial charge in [0.25, 0.3) is 0 Å². The monoisotopic (exact) mass is 292 g/mol. The summed E-state index contributed by atoms with van der Waals surface area (Å²) in [5.41, 5.74) is 0.742. The standard InChI is InChI=1S/C15H13ClO4/c1-9-6-13(10(2)20-9)15(18)19-8-14(17)11-4-3-5-12(16)7-11/h3-7H,8H2,1-2H3. The van der Waals surface area contributed by atoms with Gasteiger partial charge in [0.1, 0.15) is 17.1 Å². The van der Waals surface area contributed by atoms with E-state index in [1.807, 2.05) is 0 Å². The molecule has 0 fully saturated rings. The summed E-state index contributed by atoms with van der Waals surface area (Å²) in [4.78, 5) is 23.7. The first-order valence-corrected chi connectivity index (χ1v) is 6.38. The van der Waals surface area contributed by atoms with Gasteiger partial charge in [-0.05, 0) is 32.0 Å². The molecule has 0 aliphatic carbocycles. The molecule has 104 valence electrons. The van der Waals surface area contributed by atoms with Crippen LogP contribution in [-0.4, -0.2) is 18.4 Å². The van der Waals surface area contributed by atoms with Gasteiger partial charge in [0, 0.05) is 10.6 Å². The molecule has 0 unspecified atom stereocenters. The maximum Gasteiger partial charge on any atom is 0.342 e. The van der Waals surface area contributed by atoms with Gasteiger partial charge < -0.3 is 9.15 Å². The summed E-state index contributed by atoms with van der Waals surface area (Å²) in [5.74, 6) is 0.215. The van der Waals surface area contributed by atoms with Crippen LogP contribution in [0.15, 0.2) is 34.7 Å². The molecule has 2 aromatic rings. The predicted octanol–water partition coefficient (Wildman–Crippen LogP) is 3.59. The van der Waals surface area contributed by atoms with Crippen molar-refractivity contribution >= 4 is 23.4 Å². The predicted molar refractivity (Wildman–Crippen MR) is 74.2 cm³/mol. The van der Waals surface area contributed by atoms with Crippen molar-refractivity contribution in [3.8, 4) is 0 Å². The van der Waals surface area contributed by atoms with Crippen LogP contribution in [0.25, 0.3) is 0 Å². The van der Waals surface area contributed by atoms with Gasteiger partial charge in [-0.3, -0.25) is 4.79 Å². The van der Waals surface area contributed by atoms with Crippen molar-refractivity contribution in [2.75, 3.05) is 6.61 Å². The maximum absolute atomic E-state index is 11.9. The van der Waals surface area contributed by atoms with Crippen LogP contribution >= 0.6 is 11.6 Å². The molecule has 1 aromatic heterocycles. The first-order valence-electron chi connectivity index (χ1n) is 6.00. The van der Waals surface area contributed by atoms with Crippen molar-refractivity contribution in [1.82, 2.24) is 0 Å². The van der Waals surface area contributed by atoms with Crippen LogP contribution in [0.2, 0.25) is 5.02 Å². The lowest BCUT2D eigenvalue weighted by Gasteiger charge is -2.04. The number of rotatable bonds is 4. The van der Waals surface area contributed by atoms with Crippen molar-refractivity contribution in [1.29, 1.82) is 0 Å². The van der Waals surface area contributed by atoms with E-state index in [0.717, 1.165) is 0 Å². The fourth-order valence-corrected chi connectivity index (χ4v) is 1.98. The Kier molecular flexibility index (Phi) is 4.25. The molecule has 0 atom stereocenters. The lowest BCUT2D eigenvalue weighted by Crippen LogP contribution is -2.14. The molecule has 1 aromatic carbocycles. The lowest BCUT2D eigenvalue weighted by atomic mass is 10.1. The van der Waals surface area contributed by atoms with E-state index in [0.29, 0.717) is 27.7 Å². The number of halogens is 1. The molecule has 0 aliphatic rings. The van der Waals surface area contributed by atoms with E-state index in [1.165, 1.54) is 6.07 Å². The van der Waals surface area contributed by atoms with Crippen LogP contribution in [-0.2, 0) is 4.74 Å². The minimum atomic E-state index is -0.574. The van der Waals surface area contributed by atoms with Crippen LogP contribution < -0.4 is 0 Å². The topological polar surface area (TPSA) is 56.5 Å². The number of ketones is 1. The molecule has 0 saturated carbocycles. The molecule has 20 heavy (non-hydrogen) atoms. The highest BCUT2D eigenvalue weighted by Gasteiger charge is 2.17. The van der Waals surface area contributed by atoms with Crippen molar-refractivity contribution < 1.29 is 18.7 Å². The Balaban J connectivity index is 2.00. The largest absolute Gasteiger partial charge is 0.466 e. The molecular weight excluding hydrogens is 280 g/mol. The molecule has 5 heteroatoms. The van der Waals surface area contributed by atoms with Crippen LogP contribution in [0.5, 0.6) is 0 Å². The number of aryl methyl sites for hydroxylation is 2. The van der Waals surface area contributed by atoms with Crippen LogP contribution in [0.1, 0.15) is 32.2 Å². The second-order valence-corrected chi connectivity index (χ2v) is 4.77. The number of furan rings is 1. The summed E-state index contributed by atoms with van der Waals surface area (Å²) in [5, 5.41) is 0.462. The third-order valence-corrected chi connectivity index (χ3v) is 2.98. The SMILES string of the molecule is Cc1cc(C(=O)OCC(=O)c2cccc(Cl)c2)c(C)o1. The summed E-state index contributed by atoms with van der Waals surface area (Å²) >= 11 is 5.80. The Hall–Kier alpha value is -2.07. The molecule has 1 heterocycles. The molecule has 0 saturated heterocycles. The number of carbonyl (C=O) groups excluding carboxylic acids is 2. The normalized spacial score (nSPS) is 10.3. The fourth-order valence-electron chi connectivity index (χ4n) is 1.79. The van der Waals surface area contributed by atoms with Crippen molar-refractivity contribution in [3.05, 3.63) is 58.0 Å². The summed E-state index contributed by atoms with van der Waals surface area (Å²) in [6, 6.07) is 8.07. The van der Waals surface area contributed by atoms with Gasteiger partial charge in [-0.2, -0.15) is 0 Å². The van der Waals surface area contributed by atoms with Gasteiger partial charge in [-0.1, -0.05) is 23.7 Å². The van der Waals surface area contributed by atoms with E-state index in [-0.39, 0.29) is 12.4 Å². The first-order chi connectivity index (χ1) is 9.47. The number of ether oxygens (including phenoxy) is 1. The molecule has 0 bridgehead atoms. The third-order valence-electron chi connectivity index (χ3n) is 2.74. The first kappa shape index (κ1) is 14.3. The molecular formula is C15H13ClO4. The molecule has 0 spiro atoms. The molecule has 0 aliphatic heterocycles. The van der Waals surface area contributed by atoms with E-state index in [2.05, 4.69) is 0 Å². The van der Waals surface area contributed by atoms with Crippen molar-refractivity contribution in [3.63, 3.8) is 0 Å². The summed E-state index contributed by atoms with van der Waals surface area (Å²) in [6.45, 7) is 3.08. The van der Waals surface area contributed by atoms with E-state index in [4.69, 9.17) is 20.8 Å². The highest BCUT2D eigenvalue weighted by molar-refractivity contribution is 6.31. The minimum absolute atomic E-state index is 0.307. The lowest BCUT2D eigenvalue weighted by molar-refractivity contribution is 0.0473. The molecule has 0 amide bonds. The van der Waals surface area contributed by atoms with Crippen molar-refractivity contribution in [2.24, 2.45) is 0 Å². The number of carbonyl (C=O) groups is 2. The zero-order chi connectivity index (χ0) is 14.7. The number of Topliss-reactive ketones (excluding diaryl/α,β-unsaturated/α-hetero) is 1. The highest BCUT2D eigenvalue weighted by atomic mass is 35.5. The second-order valence-electron chi connectivity index (χ2n) is 4.34. The highest BCUT2D eigenvalue weighted by Crippen LogP contribution is 2.15.